The average molecular weight is 312 g/mol. The zero-order chi connectivity index (χ0) is 15.9. The van der Waals surface area contributed by atoms with Crippen LogP contribution in [-0.4, -0.2) is 35.8 Å². The van der Waals surface area contributed by atoms with Crippen LogP contribution in [0.4, 0.5) is 0 Å². The predicted molar refractivity (Wildman–Crippen MR) is 84.4 cm³/mol. The van der Waals surface area contributed by atoms with Crippen LogP contribution < -0.4 is 5.73 Å². The number of nitrogens with zero attached hydrogens (tertiary/aromatic N) is 2. The SMILES string of the molecule is CC(C)CCS(=O)(=O)N(CCC(=N)N)Cc1cccnc1. The van der Waals surface area contributed by atoms with E-state index in [1.165, 1.54) is 4.31 Å². The second-order valence-corrected chi connectivity index (χ2v) is 7.56. The van der Waals surface area contributed by atoms with Crippen molar-refractivity contribution < 1.29 is 8.42 Å². The molecular formula is C14H24N4O2S. The fourth-order valence-electron chi connectivity index (χ4n) is 1.77. The van der Waals surface area contributed by atoms with Gasteiger partial charge in [-0.2, -0.15) is 4.31 Å². The highest BCUT2D eigenvalue weighted by molar-refractivity contribution is 7.89. The van der Waals surface area contributed by atoms with E-state index in [-0.39, 0.29) is 31.1 Å². The Morgan fingerprint density at radius 2 is 2.19 bits per heavy atom. The van der Waals surface area contributed by atoms with Gasteiger partial charge < -0.3 is 5.73 Å². The molecule has 21 heavy (non-hydrogen) atoms. The van der Waals surface area contributed by atoms with Crippen molar-refractivity contribution in [2.24, 2.45) is 11.7 Å². The molecule has 7 heteroatoms. The molecule has 1 heterocycles. The Hall–Kier alpha value is -1.47. The summed E-state index contributed by atoms with van der Waals surface area (Å²) < 4.78 is 26.3. The molecule has 3 N–H and O–H groups in total. The molecule has 1 aromatic heterocycles. The molecule has 1 rings (SSSR count). The minimum atomic E-state index is -3.36. The van der Waals surface area contributed by atoms with Gasteiger partial charge in [0.1, 0.15) is 0 Å². The monoisotopic (exact) mass is 312 g/mol. The van der Waals surface area contributed by atoms with Gasteiger partial charge in [-0.3, -0.25) is 10.4 Å². The van der Waals surface area contributed by atoms with Crippen LogP contribution in [-0.2, 0) is 16.6 Å². The lowest BCUT2D eigenvalue weighted by Gasteiger charge is -2.22. The van der Waals surface area contributed by atoms with Gasteiger partial charge in [-0.15, -0.1) is 0 Å². The largest absolute Gasteiger partial charge is 0.388 e. The van der Waals surface area contributed by atoms with Crippen molar-refractivity contribution in [2.45, 2.75) is 33.2 Å². The highest BCUT2D eigenvalue weighted by Gasteiger charge is 2.22. The number of rotatable bonds is 9. The van der Waals surface area contributed by atoms with E-state index in [2.05, 4.69) is 4.98 Å². The molecule has 0 saturated carbocycles. The van der Waals surface area contributed by atoms with Crippen LogP contribution in [0.2, 0.25) is 0 Å². The number of hydrogen-bond donors (Lipinski definition) is 2. The van der Waals surface area contributed by atoms with E-state index in [1.54, 1.807) is 18.5 Å². The second-order valence-electron chi connectivity index (χ2n) is 5.47. The summed E-state index contributed by atoms with van der Waals surface area (Å²) in [6.07, 6.45) is 4.16. The molecule has 0 aliphatic heterocycles. The normalized spacial score (nSPS) is 12.0. The lowest BCUT2D eigenvalue weighted by atomic mass is 10.2. The minimum Gasteiger partial charge on any atom is -0.388 e. The van der Waals surface area contributed by atoms with Crippen LogP contribution >= 0.6 is 0 Å². The molecule has 0 aliphatic carbocycles. The number of pyridine rings is 1. The molecule has 118 valence electrons. The summed E-state index contributed by atoms with van der Waals surface area (Å²) in [5.74, 6) is 0.432. The van der Waals surface area contributed by atoms with Gasteiger partial charge in [-0.05, 0) is 24.0 Å². The molecule has 0 fully saturated rings. The van der Waals surface area contributed by atoms with Crippen LogP contribution in [0.5, 0.6) is 0 Å². The fourth-order valence-corrected chi connectivity index (χ4v) is 3.51. The van der Waals surface area contributed by atoms with Crippen LogP contribution in [0.3, 0.4) is 0 Å². The quantitative estimate of drug-likeness (QED) is 0.534. The van der Waals surface area contributed by atoms with Gasteiger partial charge in [0.05, 0.1) is 11.6 Å². The fraction of sp³-hybridized carbons (Fsp3) is 0.571. The van der Waals surface area contributed by atoms with Crippen LogP contribution in [0, 0.1) is 11.3 Å². The highest BCUT2D eigenvalue weighted by Crippen LogP contribution is 2.13. The molecule has 6 nitrogen and oxygen atoms in total. The third kappa shape index (κ3) is 6.68. The first kappa shape index (κ1) is 17.6. The van der Waals surface area contributed by atoms with Gasteiger partial charge in [0.25, 0.3) is 0 Å². The van der Waals surface area contributed by atoms with Gasteiger partial charge in [0, 0.05) is 31.9 Å². The van der Waals surface area contributed by atoms with E-state index < -0.39 is 10.0 Å². The molecule has 0 saturated heterocycles. The molecule has 0 unspecified atom stereocenters. The molecule has 0 amide bonds. The van der Waals surface area contributed by atoms with Gasteiger partial charge >= 0.3 is 0 Å². The Bertz CT molecular complexity index is 543. The molecular weight excluding hydrogens is 288 g/mol. The van der Waals surface area contributed by atoms with E-state index in [9.17, 15) is 8.42 Å². The summed E-state index contributed by atoms with van der Waals surface area (Å²) in [6, 6.07) is 3.62. The Labute approximate surface area is 126 Å². The zero-order valence-corrected chi connectivity index (χ0v) is 13.4. The summed E-state index contributed by atoms with van der Waals surface area (Å²) in [5, 5.41) is 7.29. The summed E-state index contributed by atoms with van der Waals surface area (Å²) in [4.78, 5) is 4.00. The Morgan fingerprint density at radius 3 is 2.71 bits per heavy atom. The number of amidine groups is 1. The predicted octanol–water partition coefficient (Wildman–Crippen LogP) is 1.59. The Kier molecular flexibility index (Phi) is 6.77. The summed E-state index contributed by atoms with van der Waals surface area (Å²) >= 11 is 0. The van der Waals surface area contributed by atoms with Crippen LogP contribution in [0.15, 0.2) is 24.5 Å². The van der Waals surface area contributed by atoms with Crippen molar-refractivity contribution in [1.82, 2.24) is 9.29 Å². The standard InChI is InChI=1S/C14H24N4O2S/c1-12(2)6-9-21(19,20)18(8-5-14(15)16)11-13-4-3-7-17-10-13/h3-4,7,10,12H,5-6,8-9,11H2,1-2H3,(H3,15,16). The summed E-state index contributed by atoms with van der Waals surface area (Å²) in [6.45, 7) is 4.49. The van der Waals surface area contributed by atoms with E-state index in [0.717, 1.165) is 5.56 Å². The first-order chi connectivity index (χ1) is 9.81. The highest BCUT2D eigenvalue weighted by atomic mass is 32.2. The first-order valence-electron chi connectivity index (χ1n) is 7.01. The molecule has 1 aromatic rings. The lowest BCUT2D eigenvalue weighted by Crippen LogP contribution is -2.35. The third-order valence-electron chi connectivity index (χ3n) is 3.06. The van der Waals surface area contributed by atoms with E-state index >= 15 is 0 Å². The van der Waals surface area contributed by atoms with Crippen LogP contribution in [0.25, 0.3) is 0 Å². The smallest absolute Gasteiger partial charge is 0.214 e. The maximum atomic E-state index is 12.4. The number of aromatic nitrogens is 1. The van der Waals surface area contributed by atoms with Gasteiger partial charge in [0.15, 0.2) is 0 Å². The maximum absolute atomic E-state index is 12.4. The first-order valence-corrected chi connectivity index (χ1v) is 8.62. The van der Waals surface area contributed by atoms with Crippen LogP contribution in [0.1, 0.15) is 32.3 Å². The van der Waals surface area contributed by atoms with Crippen molar-refractivity contribution in [3.8, 4) is 0 Å². The minimum absolute atomic E-state index is 0.00903. The van der Waals surface area contributed by atoms with E-state index in [1.807, 2.05) is 19.9 Å². The van der Waals surface area contributed by atoms with Crippen molar-refractivity contribution in [1.29, 1.82) is 5.41 Å². The summed E-state index contributed by atoms with van der Waals surface area (Å²) in [5.41, 5.74) is 6.18. The number of nitrogens with one attached hydrogen (secondary N) is 1. The van der Waals surface area contributed by atoms with E-state index in [0.29, 0.717) is 12.3 Å². The molecule has 0 bridgehead atoms. The number of hydrogen-bond acceptors (Lipinski definition) is 4. The Morgan fingerprint density at radius 1 is 1.48 bits per heavy atom. The second kappa shape index (κ2) is 8.09. The lowest BCUT2D eigenvalue weighted by molar-refractivity contribution is 0.411. The topological polar surface area (TPSA) is 100 Å². The van der Waals surface area contributed by atoms with Gasteiger partial charge in [0.2, 0.25) is 10.0 Å². The number of nitrogens with two attached hydrogens (primary N) is 1. The average Bonchev–Trinajstić information content (AvgIpc) is 2.42. The molecule has 0 radical (unpaired) electrons. The molecule has 0 atom stereocenters. The van der Waals surface area contributed by atoms with Crippen molar-refractivity contribution in [3.63, 3.8) is 0 Å². The molecule has 0 spiro atoms. The third-order valence-corrected chi connectivity index (χ3v) is 4.91. The van der Waals surface area contributed by atoms with Crippen molar-refractivity contribution in [3.05, 3.63) is 30.1 Å². The Balaban J connectivity index is 2.82. The van der Waals surface area contributed by atoms with Gasteiger partial charge in [-0.25, -0.2) is 8.42 Å². The number of sulfonamides is 1. The molecule has 0 aliphatic rings. The zero-order valence-electron chi connectivity index (χ0n) is 12.6. The molecule has 0 aromatic carbocycles. The van der Waals surface area contributed by atoms with Crippen molar-refractivity contribution >= 4 is 15.9 Å². The summed E-state index contributed by atoms with van der Waals surface area (Å²) in [7, 11) is -3.36. The maximum Gasteiger partial charge on any atom is 0.214 e. The van der Waals surface area contributed by atoms with Gasteiger partial charge in [-0.1, -0.05) is 19.9 Å². The van der Waals surface area contributed by atoms with Crippen molar-refractivity contribution in [2.75, 3.05) is 12.3 Å². The van der Waals surface area contributed by atoms with E-state index in [4.69, 9.17) is 11.1 Å².